The number of alkyl halides is 3. The van der Waals surface area contributed by atoms with Crippen LogP contribution in [0.4, 0.5) is 28.4 Å². The molecule has 2 heterocycles. The van der Waals surface area contributed by atoms with Crippen molar-refractivity contribution >= 4 is 59.3 Å². The number of imide groups is 1. The summed E-state index contributed by atoms with van der Waals surface area (Å²) in [5.74, 6) is -3.75. The molecule has 2 saturated carbocycles. The third-order valence-corrected chi connectivity index (χ3v) is 17.8. The molecule has 2 bridgehead atoms. The lowest BCUT2D eigenvalue weighted by Gasteiger charge is -2.67. The van der Waals surface area contributed by atoms with Crippen LogP contribution in [0, 0.1) is 39.9 Å². The first-order valence-electron chi connectivity index (χ1n) is 28.4. The zero-order chi connectivity index (χ0) is 65.6. The van der Waals surface area contributed by atoms with Gasteiger partial charge < -0.3 is 48.7 Å². The summed E-state index contributed by atoms with van der Waals surface area (Å²) in [5.41, 5.74) is -12.9. The van der Waals surface area contributed by atoms with Crippen LogP contribution in [-0.2, 0) is 63.3 Å². The number of fused-ring (bicyclic) bond motifs is 5. The van der Waals surface area contributed by atoms with E-state index in [0.717, 1.165) is 30.9 Å². The van der Waals surface area contributed by atoms with E-state index in [1.165, 1.54) is 84.0 Å². The van der Waals surface area contributed by atoms with Crippen molar-refractivity contribution in [3.63, 3.8) is 0 Å². The van der Waals surface area contributed by atoms with Crippen LogP contribution in [0.25, 0.3) is 0 Å². The maximum absolute atomic E-state index is 16.4. The van der Waals surface area contributed by atoms with E-state index < -0.39 is 185 Å². The largest absolute Gasteiger partial charge is 0.509 e. The van der Waals surface area contributed by atoms with E-state index in [4.69, 9.17) is 33.2 Å². The number of halogens is 3. The summed E-state index contributed by atoms with van der Waals surface area (Å²) in [5, 5.41) is 38.1. The lowest BCUT2D eigenvalue weighted by Crippen LogP contribution is -2.82. The summed E-state index contributed by atoms with van der Waals surface area (Å²) in [6.45, 7) is 8.56. The fraction of sp³-hybridized carbons (Fsp3) is 0.415. The van der Waals surface area contributed by atoms with Gasteiger partial charge in [0.1, 0.15) is 35.6 Å². The number of hydrogen-bond donors (Lipinski definition) is 3. The van der Waals surface area contributed by atoms with Crippen LogP contribution in [-0.4, -0.2) is 142 Å². The zero-order valence-electron chi connectivity index (χ0n) is 49.9. The van der Waals surface area contributed by atoms with Gasteiger partial charge in [0.2, 0.25) is 0 Å². The molecule has 4 aromatic rings. The number of esters is 4. The second-order valence-electron chi connectivity index (χ2n) is 23.7. The number of ketones is 1. The molecule has 25 heteroatoms. The molecule has 9 rings (SSSR count). The van der Waals surface area contributed by atoms with Gasteiger partial charge in [-0.2, -0.15) is 18.4 Å². The summed E-state index contributed by atoms with van der Waals surface area (Å²) >= 11 is 0. The number of benzene rings is 4. The number of ether oxygens (including phenoxy) is 7. The Bertz CT molecular complexity index is 3710. The topological polar surface area (TPSA) is 301 Å². The number of rotatable bonds is 14. The number of aliphatic hydroxyl groups excluding tert-OH is 1. The van der Waals surface area contributed by atoms with Crippen molar-refractivity contribution in [2.75, 3.05) is 24.7 Å². The number of anilines is 1. The first-order chi connectivity index (χ1) is 42.3. The average Bonchev–Trinajstić information content (AvgIpc) is 0.787. The van der Waals surface area contributed by atoms with Crippen molar-refractivity contribution in [1.82, 2.24) is 10.2 Å². The lowest BCUT2D eigenvalue weighted by atomic mass is 9.44. The third kappa shape index (κ3) is 11.5. The molecular formula is C65H63F3N4O18. The maximum atomic E-state index is 16.4. The van der Waals surface area contributed by atoms with E-state index in [-0.39, 0.29) is 27.8 Å². The number of carbonyl (C=O) groups is 9. The highest BCUT2D eigenvalue weighted by molar-refractivity contribution is 6.23. The summed E-state index contributed by atoms with van der Waals surface area (Å²) in [7, 11) is 0. The van der Waals surface area contributed by atoms with Gasteiger partial charge in [0.05, 0.1) is 59.0 Å². The van der Waals surface area contributed by atoms with Gasteiger partial charge in [-0.05, 0) is 86.9 Å². The molecule has 0 radical (unpaired) electrons. The number of carbonyl (C=O) groups excluding carboxylic acids is 9. The van der Waals surface area contributed by atoms with Crippen molar-refractivity contribution in [2.45, 2.75) is 134 Å². The van der Waals surface area contributed by atoms with E-state index in [1.54, 1.807) is 54.6 Å². The number of urea groups is 1. The van der Waals surface area contributed by atoms with E-state index in [9.17, 15) is 67.0 Å². The standard InChI is InChI=1S/C65H63F3N4O18/c1-35-44(87-56(79)49(75)48(38-20-12-9-13-21-38)70-54(77)39-22-14-10-15-23-39)32-64(83)53(89-55(78)40-24-16-11-17-25-40)51-62(8,52(76)50(86-36(2)73)47(35)60(64,4)5)45(31-46-63(51,34-85-46)90-37(3)74)88-59(82)84-29-19-18-28-71-58(81)72(57(80)61(71,6)7)42-27-26-41(33-69)43(30-42)65(66,67)68/h9-17,20-27,30,44-46,48-51,53,75,83H,28-29,31-32,34H2,1-8H3,(H,70,77)/t44-,45-,46?,48-,49+,50+,51-,53-,62+,63-,64+/m0/s1. The van der Waals surface area contributed by atoms with Gasteiger partial charge in [-0.1, -0.05) is 92.4 Å². The van der Waals surface area contributed by atoms with E-state index in [0.29, 0.717) is 11.0 Å². The van der Waals surface area contributed by atoms with Crippen LogP contribution in [0.3, 0.4) is 0 Å². The van der Waals surface area contributed by atoms with Crippen molar-refractivity contribution in [2.24, 2.45) is 16.7 Å². The number of Topliss-reactive ketones (excluding diaryl/α,β-unsaturated/α-hetero) is 1. The van der Waals surface area contributed by atoms with Crippen LogP contribution >= 0.6 is 0 Å². The van der Waals surface area contributed by atoms with E-state index in [2.05, 4.69) is 17.2 Å². The predicted molar refractivity (Wildman–Crippen MR) is 306 cm³/mol. The third-order valence-electron chi connectivity index (χ3n) is 17.8. The molecule has 90 heavy (non-hydrogen) atoms. The first kappa shape index (κ1) is 65.0. The Hall–Kier alpha value is -9.43. The monoisotopic (exact) mass is 1240 g/mol. The fourth-order valence-electron chi connectivity index (χ4n) is 13.1. The number of nitrogens with one attached hydrogen (secondary N) is 1. The second-order valence-corrected chi connectivity index (χ2v) is 23.7. The quantitative estimate of drug-likeness (QED) is 0.0375. The molecule has 3 aliphatic carbocycles. The van der Waals surface area contributed by atoms with Crippen molar-refractivity contribution < 1.29 is 99.7 Å². The van der Waals surface area contributed by atoms with Gasteiger partial charge >= 0.3 is 42.2 Å². The molecule has 0 spiro atoms. The highest BCUT2D eigenvalue weighted by atomic mass is 19.4. The fourth-order valence-corrected chi connectivity index (χ4v) is 13.1. The number of nitriles is 1. The van der Waals surface area contributed by atoms with Gasteiger partial charge in [0.15, 0.2) is 30.2 Å². The van der Waals surface area contributed by atoms with Crippen LogP contribution in [0.2, 0.25) is 0 Å². The molecular weight excluding hydrogens is 1180 g/mol. The molecule has 4 fully saturated rings. The molecule has 4 amide bonds. The Morgan fingerprint density at radius 2 is 1.44 bits per heavy atom. The average molecular weight is 1250 g/mol. The van der Waals surface area contributed by atoms with E-state index in [1.807, 2.05) is 0 Å². The van der Waals surface area contributed by atoms with Crippen molar-refractivity contribution in [1.29, 1.82) is 5.26 Å². The second kappa shape index (κ2) is 24.5. The van der Waals surface area contributed by atoms with Crippen molar-refractivity contribution in [3.8, 4) is 17.9 Å². The van der Waals surface area contributed by atoms with Crippen molar-refractivity contribution in [3.05, 3.63) is 148 Å². The lowest BCUT2D eigenvalue weighted by molar-refractivity contribution is -0.346. The molecule has 1 unspecified atom stereocenters. The molecule has 11 atom stereocenters. The Labute approximate surface area is 514 Å². The van der Waals surface area contributed by atoms with Gasteiger partial charge in [-0.15, -0.1) is 0 Å². The Balaban J connectivity index is 1.08. The van der Waals surface area contributed by atoms with Crippen LogP contribution in [0.1, 0.15) is 112 Å². The van der Waals surface area contributed by atoms with Gasteiger partial charge in [0, 0.05) is 37.7 Å². The Kier molecular flexibility index (Phi) is 17.7. The SMILES string of the molecule is CC(=O)O[C@H]1C(=O)[C@]2(C)[C@@H](OC(=O)OCC#CCN3C(=O)N(c4ccc(C#N)c(C(F)(F)F)c4)C(=O)C3(C)C)CC3OC[C@@]3(OC(C)=O)[C@H]2[C@H](OC(=O)c2ccccc2)[C@]2(O)C[C@H](OC(=O)[C@H](O)[C@@H](NC(=O)c3ccccc3)c3ccccc3)C(C)=C1C2(C)C. The van der Waals surface area contributed by atoms with Crippen LogP contribution < -0.4 is 10.2 Å². The first-order valence-corrected chi connectivity index (χ1v) is 28.4. The number of nitrogens with zero attached hydrogens (tertiary/aromatic N) is 3. The number of aliphatic hydroxyl groups is 2. The minimum atomic E-state index is -5.00. The van der Waals surface area contributed by atoms with Gasteiger partial charge in [-0.25, -0.2) is 24.1 Å². The van der Waals surface area contributed by atoms with Crippen LogP contribution in [0.15, 0.2) is 120 Å². The smallest absolute Gasteiger partial charge is 0.456 e. The molecule has 2 saturated heterocycles. The number of hydrogen-bond acceptors (Lipinski definition) is 19. The highest BCUT2D eigenvalue weighted by Gasteiger charge is 2.79. The Morgan fingerprint density at radius 3 is 2.02 bits per heavy atom. The maximum Gasteiger partial charge on any atom is 0.509 e. The van der Waals surface area contributed by atoms with E-state index >= 15 is 4.79 Å². The molecule has 22 nitrogen and oxygen atoms in total. The molecule has 2 aliphatic heterocycles. The normalized spacial score (nSPS) is 27.0. The Morgan fingerprint density at radius 1 is 0.822 bits per heavy atom. The minimum Gasteiger partial charge on any atom is -0.456 e. The molecule has 4 aromatic carbocycles. The van der Waals surface area contributed by atoms with Gasteiger partial charge in [0.25, 0.3) is 11.8 Å². The molecule has 3 N–H and O–H groups in total. The van der Waals surface area contributed by atoms with Crippen LogP contribution in [0.5, 0.6) is 0 Å². The minimum absolute atomic E-state index is 0.0244. The van der Waals surface area contributed by atoms with Gasteiger partial charge in [-0.3, -0.25) is 28.9 Å². The predicted octanol–water partition coefficient (Wildman–Crippen LogP) is 7.04. The molecule has 472 valence electrons. The highest BCUT2D eigenvalue weighted by Crippen LogP contribution is 2.65. The molecule has 5 aliphatic rings. The zero-order valence-corrected chi connectivity index (χ0v) is 49.9. The number of amides is 4. The summed E-state index contributed by atoms with van der Waals surface area (Å²) in [4.78, 5) is 129. The summed E-state index contributed by atoms with van der Waals surface area (Å²) in [6.07, 6.45) is -18.7. The summed E-state index contributed by atoms with van der Waals surface area (Å²) < 4.78 is 84.1. The summed E-state index contributed by atoms with van der Waals surface area (Å²) in [6, 6.07) is 24.7. The molecule has 0 aromatic heterocycles.